The number of halogens is 1. The van der Waals surface area contributed by atoms with E-state index < -0.39 is 0 Å². The van der Waals surface area contributed by atoms with Crippen LogP contribution in [0.5, 0.6) is 0 Å². The monoisotopic (exact) mass is 414 g/mol. The van der Waals surface area contributed by atoms with Gasteiger partial charge in [-0.3, -0.25) is 0 Å². The lowest BCUT2D eigenvalue weighted by Gasteiger charge is -2.06. The van der Waals surface area contributed by atoms with E-state index in [1.165, 1.54) is 23.1 Å². The Morgan fingerprint density at radius 1 is 1.11 bits per heavy atom. The molecule has 0 saturated carbocycles. The number of anilines is 3. The van der Waals surface area contributed by atoms with Crippen LogP contribution in [0.2, 0.25) is 5.02 Å². The average Bonchev–Trinajstić information content (AvgIpc) is 3.11. The van der Waals surface area contributed by atoms with E-state index in [9.17, 15) is 0 Å². The zero-order valence-corrected chi connectivity index (χ0v) is 16.7. The van der Waals surface area contributed by atoms with Crippen LogP contribution in [-0.4, -0.2) is 20.2 Å². The number of fused-ring (bicyclic) bond motifs is 1. The third-order valence-electron chi connectivity index (χ3n) is 3.92. The molecule has 0 bridgehead atoms. The number of para-hydroxylation sites is 1. The van der Waals surface area contributed by atoms with E-state index in [-0.39, 0.29) is 0 Å². The van der Waals surface area contributed by atoms with Gasteiger partial charge in [-0.05, 0) is 36.8 Å². The van der Waals surface area contributed by atoms with Gasteiger partial charge in [0.15, 0.2) is 4.34 Å². The normalized spacial score (nSPS) is 11.0. The largest absolute Gasteiger partial charge is 0.383 e. The highest BCUT2D eigenvalue weighted by Gasteiger charge is 2.10. The fourth-order valence-corrected chi connectivity index (χ4v) is 4.31. The smallest absolute Gasteiger partial charge is 0.210 e. The number of nitrogen functional groups attached to an aromatic ring is 1. The molecule has 2 heterocycles. The molecule has 9 heteroatoms. The molecule has 0 fully saturated rings. The van der Waals surface area contributed by atoms with Crippen LogP contribution in [0.25, 0.3) is 10.9 Å². The summed E-state index contributed by atoms with van der Waals surface area (Å²) in [5, 5.41) is 14.0. The summed E-state index contributed by atoms with van der Waals surface area (Å²) in [4.78, 5) is 8.95. The fraction of sp³-hybridized carbons (Fsp3) is 0.111. The Hall–Kier alpha value is -2.42. The van der Waals surface area contributed by atoms with E-state index >= 15 is 0 Å². The number of nitrogens with zero attached hydrogens (tertiary/aromatic N) is 4. The van der Waals surface area contributed by atoms with Crippen molar-refractivity contribution in [1.29, 1.82) is 0 Å². The number of hydrogen-bond donors (Lipinski definition) is 2. The molecular weight excluding hydrogens is 400 g/mol. The van der Waals surface area contributed by atoms with E-state index in [4.69, 9.17) is 17.3 Å². The molecule has 0 amide bonds. The highest BCUT2D eigenvalue weighted by atomic mass is 35.5. The zero-order chi connectivity index (χ0) is 18.8. The summed E-state index contributed by atoms with van der Waals surface area (Å²) in [7, 11) is 0. The predicted molar refractivity (Wildman–Crippen MR) is 113 cm³/mol. The maximum absolute atomic E-state index is 6.16. The van der Waals surface area contributed by atoms with Crippen molar-refractivity contribution >= 4 is 62.2 Å². The Balaban J connectivity index is 1.46. The minimum absolute atomic E-state index is 0.493. The second-order valence-electron chi connectivity index (χ2n) is 5.74. The van der Waals surface area contributed by atoms with Crippen molar-refractivity contribution in [3.63, 3.8) is 0 Å². The summed E-state index contributed by atoms with van der Waals surface area (Å²) in [5.41, 5.74) is 8.77. The Kier molecular flexibility index (Phi) is 5.11. The summed E-state index contributed by atoms with van der Waals surface area (Å²) in [6.07, 6.45) is 0. The van der Waals surface area contributed by atoms with Crippen LogP contribution < -0.4 is 11.1 Å². The Bertz CT molecular complexity index is 1110. The Labute approximate surface area is 169 Å². The van der Waals surface area contributed by atoms with Crippen LogP contribution in [0.15, 0.2) is 46.8 Å². The molecule has 0 saturated heterocycles. The molecule has 0 aliphatic rings. The molecule has 0 spiro atoms. The number of thioether (sulfide) groups is 1. The van der Waals surface area contributed by atoms with Gasteiger partial charge in [0.2, 0.25) is 5.13 Å². The molecule has 4 rings (SSSR count). The molecule has 3 N–H and O–H groups in total. The van der Waals surface area contributed by atoms with Gasteiger partial charge in [0.1, 0.15) is 11.6 Å². The van der Waals surface area contributed by atoms with Crippen molar-refractivity contribution in [3.8, 4) is 0 Å². The van der Waals surface area contributed by atoms with Gasteiger partial charge in [-0.15, -0.1) is 10.2 Å². The van der Waals surface area contributed by atoms with Crippen molar-refractivity contribution in [3.05, 3.63) is 58.9 Å². The Morgan fingerprint density at radius 2 is 1.96 bits per heavy atom. The quantitative estimate of drug-likeness (QED) is 0.441. The molecule has 0 atom stereocenters. The lowest BCUT2D eigenvalue weighted by molar-refractivity contribution is 1.01. The molecule has 0 aliphatic carbocycles. The lowest BCUT2D eigenvalue weighted by Crippen LogP contribution is -1.99. The van der Waals surface area contributed by atoms with E-state index in [0.717, 1.165) is 26.5 Å². The molecule has 2 aromatic carbocycles. The molecule has 27 heavy (non-hydrogen) atoms. The molecule has 0 radical (unpaired) electrons. The fourth-order valence-electron chi connectivity index (χ4n) is 2.52. The SMILES string of the molecule is Cc1c(Cl)cccc1Nc1nnc(SCc2nc(N)c3ccccc3n2)s1. The Morgan fingerprint density at radius 3 is 2.85 bits per heavy atom. The minimum atomic E-state index is 0.493. The highest BCUT2D eigenvalue weighted by Crippen LogP contribution is 2.32. The van der Waals surface area contributed by atoms with Crippen molar-refractivity contribution < 1.29 is 0 Å². The minimum Gasteiger partial charge on any atom is -0.383 e. The van der Waals surface area contributed by atoms with Gasteiger partial charge in [0.05, 0.1) is 11.3 Å². The predicted octanol–water partition coefficient (Wildman–Crippen LogP) is 5.06. The van der Waals surface area contributed by atoms with Crippen molar-refractivity contribution in [1.82, 2.24) is 20.2 Å². The van der Waals surface area contributed by atoms with Gasteiger partial charge in [-0.2, -0.15) is 0 Å². The third kappa shape index (κ3) is 3.97. The second-order valence-corrected chi connectivity index (χ2v) is 8.35. The summed E-state index contributed by atoms with van der Waals surface area (Å²) >= 11 is 9.15. The number of hydrogen-bond acceptors (Lipinski definition) is 8. The zero-order valence-electron chi connectivity index (χ0n) is 14.3. The number of benzene rings is 2. The summed E-state index contributed by atoms with van der Waals surface area (Å²) in [6, 6.07) is 13.4. The van der Waals surface area contributed by atoms with Gasteiger partial charge in [-0.25, -0.2) is 9.97 Å². The number of nitrogens with one attached hydrogen (secondary N) is 1. The third-order valence-corrected chi connectivity index (χ3v) is 6.30. The highest BCUT2D eigenvalue weighted by molar-refractivity contribution is 8.00. The first kappa shape index (κ1) is 18.0. The summed E-state index contributed by atoms with van der Waals surface area (Å²) in [5.74, 6) is 1.73. The van der Waals surface area contributed by atoms with Gasteiger partial charge in [0, 0.05) is 16.1 Å². The van der Waals surface area contributed by atoms with Gasteiger partial charge >= 0.3 is 0 Å². The average molecular weight is 415 g/mol. The van der Waals surface area contributed by atoms with Crippen molar-refractivity contribution in [2.24, 2.45) is 0 Å². The van der Waals surface area contributed by atoms with E-state index in [0.29, 0.717) is 27.5 Å². The molecular formula is C18H15ClN6S2. The molecule has 4 aromatic rings. The topological polar surface area (TPSA) is 89.6 Å². The number of nitrogens with two attached hydrogens (primary N) is 1. The van der Waals surface area contributed by atoms with E-state index in [2.05, 4.69) is 25.5 Å². The van der Waals surface area contributed by atoms with Gasteiger partial charge < -0.3 is 11.1 Å². The first-order valence-corrected chi connectivity index (χ1v) is 10.3. The van der Waals surface area contributed by atoms with Crippen LogP contribution in [0.1, 0.15) is 11.4 Å². The first-order valence-electron chi connectivity index (χ1n) is 8.10. The molecule has 0 unspecified atom stereocenters. The second kappa shape index (κ2) is 7.67. The van der Waals surface area contributed by atoms with Gasteiger partial charge in [-0.1, -0.05) is 52.9 Å². The van der Waals surface area contributed by atoms with Crippen LogP contribution >= 0.6 is 34.7 Å². The maximum Gasteiger partial charge on any atom is 0.210 e. The molecule has 0 aliphatic heterocycles. The molecule has 2 aromatic heterocycles. The maximum atomic E-state index is 6.16. The van der Waals surface area contributed by atoms with Crippen LogP contribution in [0.4, 0.5) is 16.6 Å². The first-order chi connectivity index (χ1) is 13.1. The number of aromatic nitrogens is 4. The van der Waals surface area contributed by atoms with Crippen LogP contribution in [0, 0.1) is 6.92 Å². The van der Waals surface area contributed by atoms with Crippen LogP contribution in [0.3, 0.4) is 0 Å². The van der Waals surface area contributed by atoms with E-state index in [1.54, 1.807) is 0 Å². The number of rotatable bonds is 5. The van der Waals surface area contributed by atoms with Crippen molar-refractivity contribution in [2.45, 2.75) is 17.0 Å². The van der Waals surface area contributed by atoms with Gasteiger partial charge in [0.25, 0.3) is 0 Å². The van der Waals surface area contributed by atoms with Crippen molar-refractivity contribution in [2.75, 3.05) is 11.1 Å². The molecule has 6 nitrogen and oxygen atoms in total. The van der Waals surface area contributed by atoms with E-state index in [1.807, 2.05) is 49.4 Å². The summed E-state index contributed by atoms with van der Waals surface area (Å²) in [6.45, 7) is 1.96. The summed E-state index contributed by atoms with van der Waals surface area (Å²) < 4.78 is 0.826. The lowest BCUT2D eigenvalue weighted by atomic mass is 10.2. The standard InChI is InChI=1S/C18H15ClN6S2/c1-10-12(19)6-4-8-13(10)22-17-24-25-18(27-17)26-9-15-21-14-7-3-2-5-11(14)16(20)23-15/h2-8H,9H2,1H3,(H,22,24)(H2,20,21,23). The van der Waals surface area contributed by atoms with Crippen LogP contribution in [-0.2, 0) is 5.75 Å². The molecule has 136 valence electrons.